The number of fused-ring (bicyclic) bond motifs is 2. The summed E-state index contributed by atoms with van der Waals surface area (Å²) in [5.41, 5.74) is 2.27. The van der Waals surface area contributed by atoms with Crippen LogP contribution in [0.4, 0.5) is 11.4 Å². The van der Waals surface area contributed by atoms with Gasteiger partial charge in [-0.2, -0.15) is 0 Å². The van der Waals surface area contributed by atoms with Gasteiger partial charge in [0.25, 0.3) is 0 Å². The molecule has 0 aromatic heterocycles. The molecule has 2 aromatic rings. The maximum absolute atomic E-state index is 12.2. The lowest BCUT2D eigenvalue weighted by molar-refractivity contribution is 0.0555. The number of rotatable bonds is 4. The van der Waals surface area contributed by atoms with Gasteiger partial charge in [-0.3, -0.25) is 0 Å². The molecule has 34 heavy (non-hydrogen) atoms. The molecular formula is C24H22N2O8. The summed E-state index contributed by atoms with van der Waals surface area (Å²) in [5, 5.41) is 6.12. The summed E-state index contributed by atoms with van der Waals surface area (Å²) < 4.78 is 19.2. The summed E-state index contributed by atoms with van der Waals surface area (Å²) in [6, 6.07) is 5.94. The fourth-order valence-electron chi connectivity index (χ4n) is 3.32. The van der Waals surface area contributed by atoms with Crippen LogP contribution in [-0.2, 0) is 18.9 Å². The number of hydrogen-bond donors (Lipinski definition) is 2. The van der Waals surface area contributed by atoms with Gasteiger partial charge in [-0.25, -0.2) is 19.2 Å². The lowest BCUT2D eigenvalue weighted by Gasteiger charge is -2.16. The zero-order valence-electron chi connectivity index (χ0n) is 18.9. The first kappa shape index (κ1) is 24.1. The van der Waals surface area contributed by atoms with Crippen molar-refractivity contribution < 1.29 is 38.1 Å². The van der Waals surface area contributed by atoms with Crippen LogP contribution in [0.1, 0.15) is 52.6 Å². The van der Waals surface area contributed by atoms with Gasteiger partial charge in [-0.1, -0.05) is 0 Å². The van der Waals surface area contributed by atoms with E-state index in [0.29, 0.717) is 22.5 Å². The Hall–Kier alpha value is -4.60. The fraction of sp³-hybridized carbons (Fsp3) is 0.167. The number of ether oxygens (including phenoxy) is 4. The second-order valence-electron chi connectivity index (χ2n) is 6.89. The van der Waals surface area contributed by atoms with Crippen LogP contribution in [0.5, 0.6) is 0 Å². The van der Waals surface area contributed by atoms with Crippen molar-refractivity contribution >= 4 is 47.4 Å². The average molecular weight is 466 g/mol. The number of anilines is 2. The van der Waals surface area contributed by atoms with Gasteiger partial charge in [0.15, 0.2) is 0 Å². The van der Waals surface area contributed by atoms with Gasteiger partial charge in [0.2, 0.25) is 0 Å². The van der Waals surface area contributed by atoms with Crippen molar-refractivity contribution in [1.29, 1.82) is 0 Å². The van der Waals surface area contributed by atoms with Gasteiger partial charge in [0.1, 0.15) is 0 Å². The maximum Gasteiger partial charge on any atom is 0.338 e. The highest BCUT2D eigenvalue weighted by Gasteiger charge is 2.23. The van der Waals surface area contributed by atoms with E-state index in [4.69, 9.17) is 18.9 Å². The number of carbonyl (C=O) groups is 4. The van der Waals surface area contributed by atoms with Crippen molar-refractivity contribution in [3.05, 3.63) is 70.0 Å². The Morgan fingerprint density at radius 1 is 0.529 bits per heavy atom. The molecule has 0 spiro atoms. The predicted molar refractivity (Wildman–Crippen MR) is 124 cm³/mol. The summed E-state index contributed by atoms with van der Waals surface area (Å²) in [6.45, 7) is 0. The van der Waals surface area contributed by atoms with E-state index < -0.39 is 23.9 Å². The van der Waals surface area contributed by atoms with Crippen LogP contribution in [0.25, 0.3) is 12.2 Å². The van der Waals surface area contributed by atoms with Crippen molar-refractivity contribution in [3.8, 4) is 0 Å². The van der Waals surface area contributed by atoms with Gasteiger partial charge in [-0.15, -0.1) is 0 Å². The van der Waals surface area contributed by atoms with Crippen molar-refractivity contribution in [2.24, 2.45) is 0 Å². The van der Waals surface area contributed by atoms with E-state index in [-0.39, 0.29) is 22.3 Å². The topological polar surface area (TPSA) is 129 Å². The Labute approximate surface area is 195 Å². The first-order chi connectivity index (χ1) is 16.3. The van der Waals surface area contributed by atoms with Crippen molar-refractivity contribution in [3.63, 3.8) is 0 Å². The average Bonchev–Trinajstić information content (AvgIpc) is 2.87. The molecule has 0 radical (unpaired) electrons. The number of esters is 4. The Kier molecular flexibility index (Phi) is 7.32. The molecule has 2 N–H and O–H groups in total. The van der Waals surface area contributed by atoms with Crippen molar-refractivity contribution in [2.75, 3.05) is 39.1 Å². The third kappa shape index (κ3) is 4.75. The quantitative estimate of drug-likeness (QED) is 0.511. The molecule has 0 bridgehead atoms. The minimum absolute atomic E-state index is 0.0310. The molecule has 0 aliphatic carbocycles. The van der Waals surface area contributed by atoms with E-state index in [1.165, 1.54) is 52.7 Å². The van der Waals surface area contributed by atoms with Crippen LogP contribution in [0.15, 0.2) is 36.7 Å². The predicted octanol–water partition coefficient (Wildman–Crippen LogP) is 3.31. The Balaban J connectivity index is 2.12. The van der Waals surface area contributed by atoms with Gasteiger partial charge in [0.05, 0.1) is 50.7 Å². The molecule has 1 aliphatic rings. The molecule has 2 aromatic carbocycles. The Bertz CT molecular complexity index is 1130. The number of methoxy groups -OCH3 is 4. The molecule has 0 saturated carbocycles. The highest BCUT2D eigenvalue weighted by Crippen LogP contribution is 2.29. The smallest absolute Gasteiger partial charge is 0.338 e. The fourth-order valence-corrected chi connectivity index (χ4v) is 3.32. The highest BCUT2D eigenvalue weighted by molar-refractivity contribution is 6.06. The molecule has 0 saturated heterocycles. The van der Waals surface area contributed by atoms with E-state index in [2.05, 4.69) is 10.6 Å². The van der Waals surface area contributed by atoms with E-state index >= 15 is 0 Å². The van der Waals surface area contributed by atoms with Crippen LogP contribution in [-0.4, -0.2) is 52.3 Å². The second-order valence-corrected chi connectivity index (χ2v) is 6.89. The number of benzene rings is 2. The van der Waals surface area contributed by atoms with Crippen molar-refractivity contribution in [1.82, 2.24) is 0 Å². The molecule has 3 rings (SSSR count). The Morgan fingerprint density at radius 2 is 0.824 bits per heavy atom. The zero-order chi connectivity index (χ0) is 24.8. The zero-order valence-corrected chi connectivity index (χ0v) is 18.9. The minimum Gasteiger partial charge on any atom is -0.465 e. The first-order valence-corrected chi connectivity index (χ1v) is 9.90. The van der Waals surface area contributed by atoms with Crippen LogP contribution >= 0.6 is 0 Å². The van der Waals surface area contributed by atoms with E-state index in [1.54, 1.807) is 24.6 Å². The second kappa shape index (κ2) is 10.3. The third-order valence-electron chi connectivity index (χ3n) is 5.00. The molecule has 1 aliphatic heterocycles. The molecule has 176 valence electrons. The van der Waals surface area contributed by atoms with E-state index in [0.717, 1.165) is 0 Å². The molecule has 0 atom stereocenters. The van der Waals surface area contributed by atoms with E-state index in [1.807, 2.05) is 0 Å². The summed E-state index contributed by atoms with van der Waals surface area (Å²) in [6.07, 6.45) is 6.47. The van der Waals surface area contributed by atoms with Crippen LogP contribution < -0.4 is 10.6 Å². The summed E-state index contributed by atoms with van der Waals surface area (Å²) in [7, 11) is 4.86. The standard InChI is InChI=1S/C24H22N2O8/c1-31-21(27)15-9-13-5-7-26-20-12-18(24(30)34-4)16(22(28)32-2)10-14(20)6-8-25-19(13)11-17(15)23(29)33-3/h5-12,25-26H,1-4H3/b7-5-,8-6-. The SMILES string of the molecule is COC(=O)c1cc2c(cc1C(=O)OC)N/C=C\c1cc(C(=O)OC)c(C(=O)OC)cc1N/C=C\2. The molecule has 0 amide bonds. The summed E-state index contributed by atoms with van der Waals surface area (Å²) >= 11 is 0. The number of nitrogens with one attached hydrogen (secondary N) is 2. The Morgan fingerprint density at radius 3 is 1.12 bits per heavy atom. The monoisotopic (exact) mass is 466 g/mol. The van der Waals surface area contributed by atoms with Crippen molar-refractivity contribution in [2.45, 2.75) is 0 Å². The third-order valence-corrected chi connectivity index (χ3v) is 5.00. The summed E-state index contributed by atoms with van der Waals surface area (Å²) in [4.78, 5) is 48.9. The van der Waals surface area contributed by atoms with Crippen LogP contribution in [0.3, 0.4) is 0 Å². The van der Waals surface area contributed by atoms with Gasteiger partial charge in [-0.05, 0) is 36.4 Å². The molecule has 1 heterocycles. The van der Waals surface area contributed by atoms with E-state index in [9.17, 15) is 19.2 Å². The maximum atomic E-state index is 12.2. The number of carbonyl (C=O) groups excluding carboxylic acids is 4. The number of hydrogen-bond acceptors (Lipinski definition) is 10. The van der Waals surface area contributed by atoms with Crippen LogP contribution in [0.2, 0.25) is 0 Å². The van der Waals surface area contributed by atoms with Gasteiger partial charge < -0.3 is 29.6 Å². The lowest BCUT2D eigenvalue weighted by Crippen LogP contribution is -2.14. The first-order valence-electron chi connectivity index (χ1n) is 9.90. The molecular weight excluding hydrogens is 444 g/mol. The highest BCUT2D eigenvalue weighted by atomic mass is 16.5. The lowest BCUT2D eigenvalue weighted by atomic mass is 10.00. The summed E-state index contributed by atoms with van der Waals surface area (Å²) in [5.74, 6) is -2.78. The molecule has 0 unspecified atom stereocenters. The van der Waals surface area contributed by atoms with Gasteiger partial charge in [0, 0.05) is 34.9 Å². The normalized spacial score (nSPS) is 13.5. The van der Waals surface area contributed by atoms with Gasteiger partial charge >= 0.3 is 23.9 Å². The minimum atomic E-state index is -0.698. The molecule has 0 fully saturated rings. The molecule has 10 nitrogen and oxygen atoms in total. The largest absolute Gasteiger partial charge is 0.465 e. The van der Waals surface area contributed by atoms with Crippen LogP contribution in [0, 0.1) is 0 Å². The molecule has 10 heteroatoms.